The number of carbonyl (C=O) groups excluding carboxylic acids is 1. The first-order chi connectivity index (χ1) is 15.0. The zero-order valence-corrected chi connectivity index (χ0v) is 18.4. The van der Waals surface area contributed by atoms with Crippen molar-refractivity contribution < 1.29 is 13.8 Å². The number of alkyl halides is 1. The number of anilines is 1. The van der Waals surface area contributed by atoms with E-state index < -0.39 is 27.0 Å². The third-order valence-corrected chi connectivity index (χ3v) is 7.44. The Morgan fingerprint density at radius 1 is 1.03 bits per heavy atom. The van der Waals surface area contributed by atoms with Gasteiger partial charge >= 0.3 is 4.93 Å². The van der Waals surface area contributed by atoms with E-state index in [4.69, 9.17) is 16.4 Å². The molecular formula is C24H21ClN2O3S. The minimum Gasteiger partial charge on any atom is -0.363 e. The van der Waals surface area contributed by atoms with Gasteiger partial charge < -0.3 is 10.2 Å². The molecule has 1 aliphatic heterocycles. The first kappa shape index (κ1) is 21.3. The maximum Gasteiger partial charge on any atom is 0.310 e. The molecule has 0 saturated carbocycles. The highest BCUT2D eigenvalue weighted by atomic mass is 35.5. The molecule has 0 bridgehead atoms. The topological polar surface area (TPSA) is 67.8 Å². The summed E-state index contributed by atoms with van der Waals surface area (Å²) in [6.45, 7) is 1.96. The number of nitrogens with zero attached hydrogens (tertiary/aromatic N) is 1. The van der Waals surface area contributed by atoms with E-state index in [0.29, 0.717) is 17.0 Å². The maximum absolute atomic E-state index is 13.6. The fourth-order valence-electron chi connectivity index (χ4n) is 3.30. The first-order valence-electron chi connectivity index (χ1n) is 9.77. The number of aryl methyl sites for hydroxylation is 1. The van der Waals surface area contributed by atoms with Crippen LogP contribution in [0.25, 0.3) is 0 Å². The zero-order chi connectivity index (χ0) is 21.8. The molecule has 3 aromatic carbocycles. The highest BCUT2D eigenvalue weighted by Crippen LogP contribution is 2.37. The molecule has 7 heteroatoms. The van der Waals surface area contributed by atoms with Crippen molar-refractivity contribution in [1.82, 2.24) is 0 Å². The lowest BCUT2D eigenvalue weighted by Gasteiger charge is -2.28. The van der Waals surface area contributed by atoms with E-state index in [0.717, 1.165) is 11.1 Å². The van der Waals surface area contributed by atoms with Crippen LogP contribution in [0.3, 0.4) is 0 Å². The van der Waals surface area contributed by atoms with Gasteiger partial charge in [0.25, 0.3) is 5.91 Å². The van der Waals surface area contributed by atoms with Crippen LogP contribution >= 0.6 is 11.6 Å². The van der Waals surface area contributed by atoms with Gasteiger partial charge in [-0.2, -0.15) is 0 Å². The van der Waals surface area contributed by atoms with Gasteiger partial charge in [-0.1, -0.05) is 83.5 Å². The molecule has 3 aromatic rings. The van der Waals surface area contributed by atoms with Crippen LogP contribution in [0, 0.1) is 6.92 Å². The largest absolute Gasteiger partial charge is 0.363 e. The summed E-state index contributed by atoms with van der Waals surface area (Å²) >= 11 is 6.77. The second-order valence-electron chi connectivity index (χ2n) is 7.26. The minimum atomic E-state index is -1.87. The van der Waals surface area contributed by atoms with Crippen LogP contribution in [0.1, 0.15) is 16.7 Å². The third-order valence-electron chi connectivity index (χ3n) is 5.03. The molecule has 0 saturated heterocycles. The van der Waals surface area contributed by atoms with Crippen LogP contribution in [0.2, 0.25) is 0 Å². The molecule has 0 radical (unpaired) electrons. The van der Waals surface area contributed by atoms with Crippen molar-refractivity contribution in [3.05, 3.63) is 102 Å². The number of amides is 1. The monoisotopic (exact) mass is 452 g/mol. The van der Waals surface area contributed by atoms with Crippen molar-refractivity contribution in [2.75, 3.05) is 5.32 Å². The van der Waals surface area contributed by atoms with Crippen LogP contribution in [-0.4, -0.2) is 26.1 Å². The van der Waals surface area contributed by atoms with E-state index in [1.54, 1.807) is 12.1 Å². The van der Waals surface area contributed by atoms with E-state index >= 15 is 0 Å². The van der Waals surface area contributed by atoms with Crippen molar-refractivity contribution in [1.29, 1.82) is 0 Å². The summed E-state index contributed by atoms with van der Waals surface area (Å²) in [6.07, 6.45) is 0. The number of rotatable bonds is 6. The second-order valence-corrected chi connectivity index (χ2v) is 9.28. The molecule has 3 atom stereocenters. The number of oxime groups is 1. The van der Waals surface area contributed by atoms with Gasteiger partial charge in [0.05, 0.1) is 16.6 Å². The predicted octanol–water partition coefficient (Wildman–Crippen LogP) is 4.62. The highest BCUT2D eigenvalue weighted by Gasteiger charge is 2.59. The molecule has 31 heavy (non-hydrogen) atoms. The first-order valence-corrected chi connectivity index (χ1v) is 11.5. The highest BCUT2D eigenvalue weighted by molar-refractivity contribution is 7.86. The summed E-state index contributed by atoms with van der Waals surface area (Å²) in [4.78, 5) is 17.2. The predicted molar refractivity (Wildman–Crippen MR) is 125 cm³/mol. The lowest BCUT2D eigenvalue weighted by molar-refractivity contribution is -0.128. The number of hydrogen-bond donors (Lipinski definition) is 1. The molecule has 5 nitrogen and oxygen atoms in total. The summed E-state index contributed by atoms with van der Waals surface area (Å²) in [5.41, 5.74) is 3.52. The standard InChI is InChI=1S/C24H21ClN2O3S/c1-17-12-14-20(15-13-17)26-23(28)24(31(29)16-18-8-4-2-5-9-18)22(25)21(27-30-24)19-10-6-3-7-11-19/h2-15,22H,16H2,1H3,(H,26,28)/t22-,24+,31?/m0/s1. The number of hydrogen-bond acceptors (Lipinski definition) is 4. The molecule has 0 spiro atoms. The van der Waals surface area contributed by atoms with Crippen molar-refractivity contribution in [3.63, 3.8) is 0 Å². The number of halogens is 1. The fraction of sp³-hybridized carbons (Fsp3) is 0.167. The number of nitrogens with one attached hydrogen (secondary N) is 1. The van der Waals surface area contributed by atoms with Crippen LogP contribution in [0.4, 0.5) is 5.69 Å². The van der Waals surface area contributed by atoms with Crippen LogP contribution in [-0.2, 0) is 26.2 Å². The van der Waals surface area contributed by atoms with Crippen LogP contribution in [0.5, 0.6) is 0 Å². The summed E-state index contributed by atoms with van der Waals surface area (Å²) in [6, 6.07) is 25.8. The van der Waals surface area contributed by atoms with Crippen molar-refractivity contribution in [2.45, 2.75) is 23.0 Å². The molecule has 1 heterocycles. The summed E-state index contributed by atoms with van der Waals surface area (Å²) in [5.74, 6) is -0.497. The molecule has 1 amide bonds. The Kier molecular flexibility index (Phi) is 6.20. The van der Waals surface area contributed by atoms with E-state index in [9.17, 15) is 9.00 Å². The molecule has 1 unspecified atom stereocenters. The Morgan fingerprint density at radius 2 is 1.65 bits per heavy atom. The van der Waals surface area contributed by atoms with Gasteiger partial charge in [-0.3, -0.25) is 9.00 Å². The number of carbonyl (C=O) groups is 1. The fourth-order valence-corrected chi connectivity index (χ4v) is 5.34. The lowest BCUT2D eigenvalue weighted by Crippen LogP contribution is -2.54. The minimum absolute atomic E-state index is 0.100. The van der Waals surface area contributed by atoms with Gasteiger partial charge in [0.2, 0.25) is 0 Å². The van der Waals surface area contributed by atoms with E-state index in [1.165, 1.54) is 0 Å². The quantitative estimate of drug-likeness (QED) is 0.555. The van der Waals surface area contributed by atoms with E-state index in [1.807, 2.05) is 79.7 Å². The van der Waals surface area contributed by atoms with Gasteiger partial charge in [0, 0.05) is 11.3 Å². The van der Waals surface area contributed by atoms with Crippen molar-refractivity contribution in [2.24, 2.45) is 5.16 Å². The number of benzene rings is 3. The summed E-state index contributed by atoms with van der Waals surface area (Å²) < 4.78 is 13.6. The summed E-state index contributed by atoms with van der Waals surface area (Å²) in [5, 5.41) is 5.88. The van der Waals surface area contributed by atoms with Crippen LogP contribution < -0.4 is 5.32 Å². The Bertz CT molecular complexity index is 1120. The Balaban J connectivity index is 1.68. The molecule has 158 valence electrons. The lowest BCUT2D eigenvalue weighted by atomic mass is 10.0. The van der Waals surface area contributed by atoms with Crippen molar-refractivity contribution in [3.8, 4) is 0 Å². The normalized spacial score (nSPS) is 21.1. The third kappa shape index (κ3) is 4.27. The Morgan fingerprint density at radius 3 is 2.29 bits per heavy atom. The second kappa shape index (κ2) is 9.04. The van der Waals surface area contributed by atoms with Gasteiger partial charge in [-0.25, -0.2) is 0 Å². The maximum atomic E-state index is 13.6. The van der Waals surface area contributed by atoms with Crippen LogP contribution in [0.15, 0.2) is 90.1 Å². The van der Waals surface area contributed by atoms with E-state index in [-0.39, 0.29) is 5.75 Å². The average molecular weight is 453 g/mol. The zero-order valence-electron chi connectivity index (χ0n) is 16.8. The molecule has 0 fully saturated rings. The van der Waals surface area contributed by atoms with Gasteiger partial charge in [0.15, 0.2) is 0 Å². The van der Waals surface area contributed by atoms with E-state index in [2.05, 4.69) is 10.5 Å². The molecule has 0 aromatic heterocycles. The smallest absolute Gasteiger partial charge is 0.310 e. The molecular weight excluding hydrogens is 432 g/mol. The van der Waals surface area contributed by atoms with Gasteiger partial charge in [-0.05, 0) is 24.6 Å². The molecule has 0 aliphatic carbocycles. The average Bonchev–Trinajstić information content (AvgIpc) is 3.14. The van der Waals surface area contributed by atoms with Gasteiger partial charge in [-0.15, -0.1) is 11.6 Å². The molecule has 4 rings (SSSR count). The van der Waals surface area contributed by atoms with Gasteiger partial charge in [0.1, 0.15) is 11.1 Å². The summed E-state index contributed by atoms with van der Waals surface area (Å²) in [7, 11) is -1.82. The Labute approximate surface area is 188 Å². The Hall–Kier alpha value is -2.96. The molecule has 1 aliphatic rings. The van der Waals surface area contributed by atoms with Crippen molar-refractivity contribution >= 4 is 39.7 Å². The SMILES string of the molecule is Cc1ccc(NC(=O)[C@@]2(S(=O)Cc3ccccc3)ON=C(c3ccccc3)[C@@H]2Cl)cc1. The molecule has 1 N–H and O–H groups in total.